The first-order valence-corrected chi connectivity index (χ1v) is 10.3. The third-order valence-corrected chi connectivity index (χ3v) is 6.77. The molecular formula is C23H30N2O2. The number of rotatable bonds is 6. The van der Waals surface area contributed by atoms with Crippen molar-refractivity contribution in [3.63, 3.8) is 0 Å². The quantitative estimate of drug-likeness (QED) is 0.751. The van der Waals surface area contributed by atoms with E-state index in [1.165, 1.54) is 45.4 Å². The SMILES string of the molecule is CC(=O)N/C(=C/c1ccccc1)C(=O)NCCC12CC3CC(CC(C3)C1)C2. The number of hydrogen-bond donors (Lipinski definition) is 2. The molecule has 4 aliphatic carbocycles. The summed E-state index contributed by atoms with van der Waals surface area (Å²) in [5, 5.41) is 5.74. The number of carbonyl (C=O) groups is 2. The summed E-state index contributed by atoms with van der Waals surface area (Å²) in [4.78, 5) is 24.2. The van der Waals surface area contributed by atoms with Crippen molar-refractivity contribution in [2.45, 2.75) is 51.9 Å². The highest BCUT2D eigenvalue weighted by Crippen LogP contribution is 2.61. The van der Waals surface area contributed by atoms with E-state index in [0.29, 0.717) is 17.7 Å². The fraction of sp³-hybridized carbons (Fsp3) is 0.565. The highest BCUT2D eigenvalue weighted by atomic mass is 16.2. The van der Waals surface area contributed by atoms with E-state index in [9.17, 15) is 9.59 Å². The molecule has 0 radical (unpaired) electrons. The molecule has 27 heavy (non-hydrogen) atoms. The molecular weight excluding hydrogens is 336 g/mol. The predicted octanol–water partition coefficient (Wildman–Crippen LogP) is 3.89. The van der Waals surface area contributed by atoms with Gasteiger partial charge in [-0.2, -0.15) is 0 Å². The van der Waals surface area contributed by atoms with Crippen molar-refractivity contribution in [1.29, 1.82) is 0 Å². The molecule has 0 unspecified atom stereocenters. The van der Waals surface area contributed by atoms with Crippen LogP contribution in [0.2, 0.25) is 0 Å². The molecule has 4 bridgehead atoms. The normalized spacial score (nSPS) is 31.6. The third-order valence-electron chi connectivity index (χ3n) is 6.77. The Morgan fingerprint density at radius 1 is 1.04 bits per heavy atom. The molecule has 144 valence electrons. The number of amides is 2. The molecule has 1 aromatic carbocycles. The summed E-state index contributed by atoms with van der Waals surface area (Å²) in [5.41, 5.74) is 1.68. The van der Waals surface area contributed by atoms with Crippen LogP contribution in [0.1, 0.15) is 57.4 Å². The monoisotopic (exact) mass is 366 g/mol. The van der Waals surface area contributed by atoms with Crippen molar-refractivity contribution in [2.24, 2.45) is 23.2 Å². The Bertz CT molecular complexity index is 703. The van der Waals surface area contributed by atoms with Crippen LogP contribution in [0, 0.1) is 23.2 Å². The number of benzene rings is 1. The lowest BCUT2D eigenvalue weighted by Gasteiger charge is -2.57. The maximum atomic E-state index is 12.7. The Balaban J connectivity index is 1.37. The van der Waals surface area contributed by atoms with Crippen molar-refractivity contribution < 1.29 is 9.59 Å². The topological polar surface area (TPSA) is 58.2 Å². The number of carbonyl (C=O) groups excluding carboxylic acids is 2. The molecule has 4 fully saturated rings. The molecule has 0 saturated heterocycles. The van der Waals surface area contributed by atoms with Gasteiger partial charge in [-0.25, -0.2) is 0 Å². The van der Waals surface area contributed by atoms with Crippen molar-refractivity contribution >= 4 is 17.9 Å². The van der Waals surface area contributed by atoms with E-state index in [-0.39, 0.29) is 11.8 Å². The summed E-state index contributed by atoms with van der Waals surface area (Å²) in [6, 6.07) is 9.61. The smallest absolute Gasteiger partial charge is 0.267 e. The lowest BCUT2D eigenvalue weighted by Crippen LogP contribution is -2.47. The summed E-state index contributed by atoms with van der Waals surface area (Å²) < 4.78 is 0. The van der Waals surface area contributed by atoms with Gasteiger partial charge in [-0.05, 0) is 79.8 Å². The van der Waals surface area contributed by atoms with E-state index in [2.05, 4.69) is 10.6 Å². The molecule has 4 heteroatoms. The largest absolute Gasteiger partial charge is 0.351 e. The van der Waals surface area contributed by atoms with Crippen molar-refractivity contribution in [1.82, 2.24) is 10.6 Å². The Labute approximate surface area is 161 Å². The lowest BCUT2D eigenvalue weighted by molar-refractivity contribution is -0.122. The molecule has 0 aromatic heterocycles. The average molecular weight is 367 g/mol. The minimum absolute atomic E-state index is 0.196. The zero-order valence-electron chi connectivity index (χ0n) is 16.2. The zero-order valence-corrected chi connectivity index (χ0v) is 16.2. The van der Waals surface area contributed by atoms with Crippen LogP contribution >= 0.6 is 0 Å². The van der Waals surface area contributed by atoms with Gasteiger partial charge in [0.15, 0.2) is 0 Å². The van der Waals surface area contributed by atoms with Gasteiger partial charge in [0.1, 0.15) is 5.70 Å². The van der Waals surface area contributed by atoms with E-state index in [1.54, 1.807) is 6.08 Å². The second-order valence-electron chi connectivity index (χ2n) is 9.07. The van der Waals surface area contributed by atoms with E-state index >= 15 is 0 Å². The summed E-state index contributed by atoms with van der Waals surface area (Å²) >= 11 is 0. The fourth-order valence-corrected chi connectivity index (χ4v) is 6.20. The molecule has 0 heterocycles. The molecule has 0 aliphatic heterocycles. The van der Waals surface area contributed by atoms with Gasteiger partial charge in [-0.15, -0.1) is 0 Å². The Morgan fingerprint density at radius 3 is 2.19 bits per heavy atom. The molecule has 4 saturated carbocycles. The highest BCUT2D eigenvalue weighted by Gasteiger charge is 2.50. The molecule has 1 aromatic rings. The van der Waals surface area contributed by atoms with Crippen LogP contribution in [0.15, 0.2) is 36.0 Å². The minimum Gasteiger partial charge on any atom is -0.351 e. The average Bonchev–Trinajstić information content (AvgIpc) is 2.60. The second-order valence-corrected chi connectivity index (χ2v) is 9.07. The van der Waals surface area contributed by atoms with Crippen molar-refractivity contribution in [3.05, 3.63) is 41.6 Å². The molecule has 2 N–H and O–H groups in total. The molecule has 4 nitrogen and oxygen atoms in total. The van der Waals surface area contributed by atoms with Gasteiger partial charge in [0.25, 0.3) is 5.91 Å². The van der Waals surface area contributed by atoms with E-state index in [4.69, 9.17) is 0 Å². The van der Waals surface area contributed by atoms with Crippen LogP contribution < -0.4 is 10.6 Å². The fourth-order valence-electron chi connectivity index (χ4n) is 6.20. The maximum Gasteiger partial charge on any atom is 0.267 e. The molecule has 0 spiro atoms. The van der Waals surface area contributed by atoms with Gasteiger partial charge >= 0.3 is 0 Å². The van der Waals surface area contributed by atoms with Gasteiger partial charge in [-0.3, -0.25) is 9.59 Å². The Morgan fingerprint density at radius 2 is 1.63 bits per heavy atom. The van der Waals surface area contributed by atoms with E-state index < -0.39 is 0 Å². The van der Waals surface area contributed by atoms with Crippen LogP contribution in [-0.2, 0) is 9.59 Å². The van der Waals surface area contributed by atoms with Crippen LogP contribution in [0.4, 0.5) is 0 Å². The standard InChI is InChI=1S/C23H30N2O2/c1-16(26)25-21(12-17-5-3-2-4-6-17)22(27)24-8-7-23-13-18-9-19(14-23)11-20(10-18)15-23/h2-6,12,18-20H,7-11,13-15H2,1H3,(H,24,27)(H,25,26)/b21-12+. The number of hydrogen-bond acceptors (Lipinski definition) is 2. The third kappa shape index (κ3) is 4.26. The first-order chi connectivity index (χ1) is 13.0. The van der Waals surface area contributed by atoms with Gasteiger partial charge in [0.05, 0.1) is 0 Å². The van der Waals surface area contributed by atoms with Crippen LogP contribution in [-0.4, -0.2) is 18.4 Å². The summed E-state index contributed by atoms with van der Waals surface area (Å²) in [5.74, 6) is 2.37. The van der Waals surface area contributed by atoms with Crippen LogP contribution in [0.5, 0.6) is 0 Å². The van der Waals surface area contributed by atoms with Gasteiger partial charge in [0.2, 0.25) is 5.91 Å². The van der Waals surface area contributed by atoms with Crippen LogP contribution in [0.3, 0.4) is 0 Å². The Kier molecular flexibility index (Phi) is 5.07. The molecule has 5 rings (SSSR count). The molecule has 2 amide bonds. The summed E-state index contributed by atoms with van der Waals surface area (Å²) in [7, 11) is 0. The zero-order chi connectivity index (χ0) is 18.9. The minimum atomic E-state index is -0.228. The van der Waals surface area contributed by atoms with Gasteiger partial charge in [0, 0.05) is 13.5 Å². The van der Waals surface area contributed by atoms with E-state index in [0.717, 1.165) is 29.7 Å². The number of nitrogens with one attached hydrogen (secondary N) is 2. The second kappa shape index (κ2) is 7.49. The summed E-state index contributed by atoms with van der Waals surface area (Å²) in [6.07, 6.45) is 11.2. The van der Waals surface area contributed by atoms with Gasteiger partial charge < -0.3 is 10.6 Å². The molecule has 0 atom stereocenters. The van der Waals surface area contributed by atoms with Crippen LogP contribution in [0.25, 0.3) is 6.08 Å². The first kappa shape index (κ1) is 18.3. The Hall–Kier alpha value is -2.10. The summed E-state index contributed by atoms with van der Waals surface area (Å²) in [6.45, 7) is 2.12. The maximum absolute atomic E-state index is 12.7. The molecule has 4 aliphatic rings. The van der Waals surface area contributed by atoms with Crippen molar-refractivity contribution in [2.75, 3.05) is 6.54 Å². The van der Waals surface area contributed by atoms with Crippen molar-refractivity contribution in [3.8, 4) is 0 Å². The highest BCUT2D eigenvalue weighted by molar-refractivity contribution is 6.00. The predicted molar refractivity (Wildman–Crippen MR) is 106 cm³/mol. The first-order valence-electron chi connectivity index (χ1n) is 10.3. The lowest BCUT2D eigenvalue weighted by atomic mass is 9.49. The van der Waals surface area contributed by atoms with E-state index in [1.807, 2.05) is 30.3 Å². The van der Waals surface area contributed by atoms with Gasteiger partial charge in [-0.1, -0.05) is 30.3 Å².